The van der Waals surface area contributed by atoms with Gasteiger partial charge in [0.2, 0.25) is 0 Å². The largest absolute Gasteiger partial charge is 0.369 e. The number of carbonyl (C=O) groups excluding carboxylic acids is 1. The van der Waals surface area contributed by atoms with Crippen molar-refractivity contribution >= 4 is 16.8 Å². The Morgan fingerprint density at radius 3 is 2.80 bits per heavy atom. The summed E-state index contributed by atoms with van der Waals surface area (Å²) in [4.78, 5) is 13.2. The van der Waals surface area contributed by atoms with E-state index in [0.29, 0.717) is 18.2 Å². The molecule has 0 spiro atoms. The molecule has 1 fully saturated rings. The normalized spacial score (nSPS) is 21.3. The van der Waals surface area contributed by atoms with Crippen LogP contribution in [0.15, 0.2) is 66.9 Å². The van der Waals surface area contributed by atoms with Gasteiger partial charge in [-0.05, 0) is 74.0 Å². The Morgan fingerprint density at radius 2 is 2.03 bits per heavy atom. The Labute approximate surface area is 177 Å². The van der Waals surface area contributed by atoms with Crippen molar-refractivity contribution in [2.24, 2.45) is 0 Å². The zero-order valence-corrected chi connectivity index (χ0v) is 17.2. The summed E-state index contributed by atoms with van der Waals surface area (Å²) in [6.45, 7) is 1.78. The average Bonchev–Trinajstić information content (AvgIpc) is 3.46. The lowest BCUT2D eigenvalue weighted by Crippen LogP contribution is -2.21. The van der Waals surface area contributed by atoms with E-state index >= 15 is 0 Å². The highest BCUT2D eigenvalue weighted by Gasteiger charge is 2.20. The van der Waals surface area contributed by atoms with Crippen LogP contribution in [0.3, 0.4) is 0 Å². The van der Waals surface area contributed by atoms with Gasteiger partial charge in [0.25, 0.3) is 5.91 Å². The minimum Gasteiger partial charge on any atom is -0.369 e. The molecule has 0 radical (unpaired) electrons. The van der Waals surface area contributed by atoms with Crippen LogP contribution in [0.1, 0.15) is 53.3 Å². The molecule has 1 aromatic heterocycles. The van der Waals surface area contributed by atoms with Crippen LogP contribution >= 0.6 is 0 Å². The van der Waals surface area contributed by atoms with E-state index in [9.17, 15) is 4.79 Å². The van der Waals surface area contributed by atoms with Crippen molar-refractivity contribution in [2.75, 3.05) is 13.2 Å². The highest BCUT2D eigenvalue weighted by Crippen LogP contribution is 2.31. The molecule has 4 nitrogen and oxygen atoms in total. The van der Waals surface area contributed by atoms with Gasteiger partial charge in [-0.15, -0.1) is 0 Å². The van der Waals surface area contributed by atoms with Gasteiger partial charge in [0.15, 0.2) is 0 Å². The second kappa shape index (κ2) is 8.58. The highest BCUT2D eigenvalue weighted by molar-refractivity contribution is 6.03. The van der Waals surface area contributed by atoms with E-state index < -0.39 is 0 Å². The molecule has 0 bridgehead atoms. The van der Waals surface area contributed by atoms with E-state index in [1.54, 1.807) is 0 Å². The quantitative estimate of drug-likeness (QED) is 0.611. The molecule has 3 heterocycles. The minimum atomic E-state index is 0.0236. The van der Waals surface area contributed by atoms with E-state index in [0.717, 1.165) is 31.3 Å². The smallest absolute Gasteiger partial charge is 0.262 e. The van der Waals surface area contributed by atoms with Crippen LogP contribution in [0.2, 0.25) is 0 Å². The molecule has 3 aromatic rings. The fourth-order valence-electron chi connectivity index (χ4n) is 4.70. The zero-order chi connectivity index (χ0) is 20.3. The first-order valence-electron chi connectivity index (χ1n) is 11.0. The van der Waals surface area contributed by atoms with Crippen LogP contribution < -0.4 is 5.32 Å². The third-order valence-electron chi connectivity index (χ3n) is 6.36. The van der Waals surface area contributed by atoms with Crippen LogP contribution in [0, 0.1) is 0 Å². The molecule has 0 amide bonds. The van der Waals surface area contributed by atoms with Crippen molar-refractivity contribution in [1.29, 1.82) is 0 Å². The summed E-state index contributed by atoms with van der Waals surface area (Å²) in [6, 6.07) is 16.6. The van der Waals surface area contributed by atoms with Gasteiger partial charge in [0, 0.05) is 23.2 Å². The summed E-state index contributed by atoms with van der Waals surface area (Å²) in [7, 11) is 0. The van der Waals surface area contributed by atoms with Crippen molar-refractivity contribution in [3.8, 4) is 0 Å². The first kappa shape index (κ1) is 19.3. The van der Waals surface area contributed by atoms with E-state index in [2.05, 4.69) is 41.9 Å². The van der Waals surface area contributed by atoms with Gasteiger partial charge in [-0.3, -0.25) is 9.36 Å². The van der Waals surface area contributed by atoms with Gasteiger partial charge < -0.3 is 10.1 Å². The number of ether oxygens (including phenoxy) is 1. The molecule has 4 heteroatoms. The molecule has 2 atom stereocenters. The predicted molar refractivity (Wildman–Crippen MR) is 120 cm³/mol. The number of aryl methyl sites for hydroxylation is 1. The van der Waals surface area contributed by atoms with Crippen molar-refractivity contribution in [3.05, 3.63) is 83.6 Å². The van der Waals surface area contributed by atoms with Crippen LogP contribution in [-0.2, 0) is 11.2 Å². The van der Waals surface area contributed by atoms with Gasteiger partial charge in [-0.1, -0.05) is 36.4 Å². The lowest BCUT2D eigenvalue weighted by Gasteiger charge is -2.19. The standard InChI is InChI=1S/C26H28N2O2/c29-26(19-7-2-1-3-8-19)28-18-21(11-13-22-9-6-15-27-22)23-17-20(12-14-24(23)28)25-10-4-5-16-30-25/h1-5,7-8,12,14,17-18,22,25,27H,6,9-11,13,15-16H2. The highest BCUT2D eigenvalue weighted by atomic mass is 16.5. The Bertz CT molecular complexity index is 1060. The second-order valence-corrected chi connectivity index (χ2v) is 8.33. The molecule has 0 saturated carbocycles. The van der Waals surface area contributed by atoms with Gasteiger partial charge >= 0.3 is 0 Å². The molecule has 2 aliphatic heterocycles. The van der Waals surface area contributed by atoms with Crippen LogP contribution in [0.4, 0.5) is 0 Å². The summed E-state index contributed by atoms with van der Waals surface area (Å²) >= 11 is 0. The van der Waals surface area contributed by atoms with Gasteiger partial charge in [0.05, 0.1) is 18.2 Å². The number of carbonyl (C=O) groups is 1. The first-order valence-corrected chi connectivity index (χ1v) is 11.0. The average molecular weight is 401 g/mol. The molecule has 2 aromatic carbocycles. The molecule has 154 valence electrons. The summed E-state index contributed by atoms with van der Waals surface area (Å²) in [6.07, 6.45) is 11.9. The van der Waals surface area contributed by atoms with E-state index in [1.165, 1.54) is 29.4 Å². The van der Waals surface area contributed by atoms with Crippen LogP contribution in [0.25, 0.3) is 10.9 Å². The lowest BCUT2D eigenvalue weighted by atomic mass is 9.99. The SMILES string of the molecule is O=C(c1ccccc1)n1cc(CCC2CCCN2)c2cc(C3CC=CCO3)ccc21. The maximum absolute atomic E-state index is 13.2. The lowest BCUT2D eigenvalue weighted by molar-refractivity contribution is 0.0678. The molecule has 2 aliphatic rings. The Morgan fingerprint density at radius 1 is 1.13 bits per heavy atom. The molecule has 5 rings (SSSR count). The molecule has 2 unspecified atom stereocenters. The van der Waals surface area contributed by atoms with Crippen molar-refractivity contribution in [3.63, 3.8) is 0 Å². The summed E-state index contributed by atoms with van der Waals surface area (Å²) in [5.74, 6) is 0.0236. The number of nitrogens with one attached hydrogen (secondary N) is 1. The minimum absolute atomic E-state index is 0.0236. The topological polar surface area (TPSA) is 43.3 Å². The third-order valence-corrected chi connectivity index (χ3v) is 6.36. The maximum Gasteiger partial charge on any atom is 0.262 e. The Balaban J connectivity index is 1.52. The maximum atomic E-state index is 13.2. The molecule has 0 aliphatic carbocycles. The van der Waals surface area contributed by atoms with E-state index in [4.69, 9.17) is 4.74 Å². The second-order valence-electron chi connectivity index (χ2n) is 8.33. The van der Waals surface area contributed by atoms with E-state index in [1.807, 2.05) is 34.9 Å². The van der Waals surface area contributed by atoms with Gasteiger partial charge in [-0.2, -0.15) is 0 Å². The van der Waals surface area contributed by atoms with Crippen LogP contribution in [-0.4, -0.2) is 29.7 Å². The summed E-state index contributed by atoms with van der Waals surface area (Å²) < 4.78 is 7.77. The number of nitrogens with zero attached hydrogens (tertiary/aromatic N) is 1. The van der Waals surface area contributed by atoms with E-state index in [-0.39, 0.29) is 12.0 Å². The Kier molecular flexibility index (Phi) is 5.52. The first-order chi connectivity index (χ1) is 14.8. The summed E-state index contributed by atoms with van der Waals surface area (Å²) in [5, 5.41) is 4.77. The Hall–Kier alpha value is -2.69. The van der Waals surface area contributed by atoms with Gasteiger partial charge in [0.1, 0.15) is 0 Å². The third kappa shape index (κ3) is 3.85. The summed E-state index contributed by atoms with van der Waals surface area (Å²) in [5.41, 5.74) is 4.13. The molecular formula is C26H28N2O2. The van der Waals surface area contributed by atoms with Crippen LogP contribution in [0.5, 0.6) is 0 Å². The van der Waals surface area contributed by atoms with Gasteiger partial charge in [-0.25, -0.2) is 0 Å². The fraction of sp³-hybridized carbons (Fsp3) is 0.346. The number of fused-ring (bicyclic) bond motifs is 1. The zero-order valence-electron chi connectivity index (χ0n) is 17.2. The number of hydrogen-bond acceptors (Lipinski definition) is 3. The van der Waals surface area contributed by atoms with Crippen molar-refractivity contribution in [2.45, 2.75) is 44.2 Å². The molecule has 30 heavy (non-hydrogen) atoms. The number of aromatic nitrogens is 1. The van der Waals surface area contributed by atoms with Crippen molar-refractivity contribution in [1.82, 2.24) is 9.88 Å². The fourth-order valence-corrected chi connectivity index (χ4v) is 4.70. The molecular weight excluding hydrogens is 372 g/mol. The molecule has 1 N–H and O–H groups in total. The number of hydrogen-bond donors (Lipinski definition) is 1. The molecule has 1 saturated heterocycles. The monoisotopic (exact) mass is 400 g/mol. The predicted octanol–water partition coefficient (Wildman–Crippen LogP) is 5.03. The number of rotatable bonds is 5. The van der Waals surface area contributed by atoms with Crippen molar-refractivity contribution < 1.29 is 9.53 Å². The number of benzene rings is 2.